The van der Waals surface area contributed by atoms with Gasteiger partial charge in [0.2, 0.25) is 0 Å². The topological polar surface area (TPSA) is 26.7 Å². The molecular weight excluding hydrogens is 212 g/mol. The molecule has 0 aliphatic carbocycles. The Balaban J connectivity index is 2.59. The van der Waals surface area contributed by atoms with Crippen LogP contribution in [0.3, 0.4) is 0 Å². The fraction of sp³-hybridized carbons (Fsp3) is 1.00. The van der Waals surface area contributed by atoms with Crippen molar-refractivity contribution >= 4 is 0 Å². The number of aliphatic hydroxyl groups excluding tert-OH is 1. The number of rotatable bonds is 7. The Morgan fingerprint density at radius 1 is 1.35 bits per heavy atom. The Morgan fingerprint density at radius 3 is 2.59 bits per heavy atom. The molecule has 1 N–H and O–H groups in total. The lowest BCUT2D eigenvalue weighted by Gasteiger charge is -2.36. The fourth-order valence-electron chi connectivity index (χ4n) is 3.13. The van der Waals surface area contributed by atoms with Crippen LogP contribution in [-0.2, 0) is 0 Å². The molecule has 0 bridgehead atoms. The van der Waals surface area contributed by atoms with Gasteiger partial charge in [-0.25, -0.2) is 0 Å². The number of aliphatic hydroxyl groups is 1. The van der Waals surface area contributed by atoms with Crippen LogP contribution < -0.4 is 0 Å². The van der Waals surface area contributed by atoms with Gasteiger partial charge in [-0.2, -0.15) is 0 Å². The van der Waals surface area contributed by atoms with Crippen LogP contribution in [0.4, 0.5) is 0 Å². The van der Waals surface area contributed by atoms with E-state index in [1.807, 2.05) is 0 Å². The zero-order chi connectivity index (χ0) is 12.8. The molecule has 3 unspecified atom stereocenters. The molecule has 0 aromatic heterocycles. The maximum absolute atomic E-state index is 10.3. The average Bonchev–Trinajstić information content (AvgIpc) is 2.67. The van der Waals surface area contributed by atoms with Crippen LogP contribution in [0.2, 0.25) is 0 Å². The maximum Gasteiger partial charge on any atom is 0.0695 e. The molecule has 3 atom stereocenters. The van der Waals surface area contributed by atoms with E-state index in [1.165, 1.54) is 12.8 Å². The van der Waals surface area contributed by atoms with Gasteiger partial charge in [0.1, 0.15) is 0 Å². The summed E-state index contributed by atoms with van der Waals surface area (Å²) in [6, 6.07) is 1.00. The summed E-state index contributed by atoms with van der Waals surface area (Å²) in [5, 5.41) is 10.3. The van der Waals surface area contributed by atoms with Crippen LogP contribution in [0.1, 0.15) is 46.0 Å². The molecule has 0 amide bonds. The first-order chi connectivity index (χ1) is 8.10. The summed E-state index contributed by atoms with van der Waals surface area (Å²) in [6.45, 7) is 6.64. The van der Waals surface area contributed by atoms with Gasteiger partial charge in [0.25, 0.3) is 0 Å². The zero-order valence-electron chi connectivity index (χ0n) is 12.0. The first-order valence-corrected chi connectivity index (χ1v) is 7.18. The smallest absolute Gasteiger partial charge is 0.0695 e. The van der Waals surface area contributed by atoms with Gasteiger partial charge in [-0.3, -0.25) is 4.90 Å². The Bertz CT molecular complexity index is 208. The Labute approximate surface area is 107 Å². The minimum atomic E-state index is -0.146. The highest BCUT2D eigenvalue weighted by atomic mass is 16.3. The summed E-state index contributed by atoms with van der Waals surface area (Å²) < 4.78 is 0. The number of hydrogen-bond donors (Lipinski definition) is 1. The monoisotopic (exact) mass is 242 g/mol. The highest BCUT2D eigenvalue weighted by Gasteiger charge is 2.33. The molecule has 1 aliphatic heterocycles. The molecule has 102 valence electrons. The van der Waals surface area contributed by atoms with Crippen molar-refractivity contribution in [1.29, 1.82) is 0 Å². The van der Waals surface area contributed by atoms with E-state index in [-0.39, 0.29) is 6.10 Å². The van der Waals surface area contributed by atoms with E-state index < -0.39 is 0 Å². The van der Waals surface area contributed by atoms with E-state index >= 15 is 0 Å². The summed E-state index contributed by atoms with van der Waals surface area (Å²) in [4.78, 5) is 4.82. The SMILES string of the molecule is CCCC(O)C(CC)N1CCCC1CN(C)C. The van der Waals surface area contributed by atoms with Crippen LogP contribution in [0.25, 0.3) is 0 Å². The minimum Gasteiger partial charge on any atom is -0.391 e. The maximum atomic E-state index is 10.3. The standard InChI is InChI=1S/C14H30N2O/c1-5-8-14(17)13(6-2)16-10-7-9-12(16)11-15(3)4/h12-14,17H,5-11H2,1-4H3. The molecular formula is C14H30N2O. The lowest BCUT2D eigenvalue weighted by Crippen LogP contribution is -2.48. The van der Waals surface area contributed by atoms with Crippen molar-refractivity contribution in [1.82, 2.24) is 9.80 Å². The number of likely N-dealkylation sites (N-methyl/N-ethyl adjacent to an activating group) is 1. The zero-order valence-corrected chi connectivity index (χ0v) is 12.0. The lowest BCUT2D eigenvalue weighted by molar-refractivity contribution is 0.0286. The van der Waals surface area contributed by atoms with Crippen LogP contribution in [-0.4, -0.2) is 60.3 Å². The molecule has 1 saturated heterocycles. The quantitative estimate of drug-likeness (QED) is 0.739. The van der Waals surface area contributed by atoms with Crippen molar-refractivity contribution in [3.05, 3.63) is 0 Å². The molecule has 0 aromatic rings. The summed E-state index contributed by atoms with van der Waals surface area (Å²) >= 11 is 0. The van der Waals surface area contributed by atoms with E-state index in [0.29, 0.717) is 12.1 Å². The third-order valence-electron chi connectivity index (χ3n) is 3.87. The molecule has 17 heavy (non-hydrogen) atoms. The average molecular weight is 242 g/mol. The molecule has 1 aliphatic rings. The van der Waals surface area contributed by atoms with Crippen molar-refractivity contribution in [3.63, 3.8) is 0 Å². The second-order valence-electron chi connectivity index (χ2n) is 5.63. The van der Waals surface area contributed by atoms with Crippen LogP contribution in [0.15, 0.2) is 0 Å². The number of hydrogen-bond acceptors (Lipinski definition) is 3. The molecule has 0 aromatic carbocycles. The summed E-state index contributed by atoms with van der Waals surface area (Å²) in [5.74, 6) is 0. The van der Waals surface area contributed by atoms with Crippen molar-refractivity contribution in [2.45, 2.75) is 64.1 Å². The first kappa shape index (κ1) is 14.9. The predicted molar refractivity (Wildman–Crippen MR) is 73.3 cm³/mol. The van der Waals surface area contributed by atoms with Gasteiger partial charge in [0.15, 0.2) is 0 Å². The molecule has 3 nitrogen and oxygen atoms in total. The van der Waals surface area contributed by atoms with Gasteiger partial charge < -0.3 is 10.0 Å². The Morgan fingerprint density at radius 2 is 2.06 bits per heavy atom. The lowest BCUT2D eigenvalue weighted by atomic mass is 10.0. The third kappa shape index (κ3) is 4.23. The number of nitrogens with zero attached hydrogens (tertiary/aromatic N) is 2. The molecule has 0 radical (unpaired) electrons. The Kier molecular flexibility index (Phi) is 6.45. The highest BCUT2D eigenvalue weighted by Crippen LogP contribution is 2.25. The second-order valence-corrected chi connectivity index (χ2v) is 5.63. The third-order valence-corrected chi connectivity index (χ3v) is 3.87. The van der Waals surface area contributed by atoms with Gasteiger partial charge in [0.05, 0.1) is 6.10 Å². The first-order valence-electron chi connectivity index (χ1n) is 7.18. The van der Waals surface area contributed by atoms with Crippen LogP contribution >= 0.6 is 0 Å². The molecule has 1 fully saturated rings. The van der Waals surface area contributed by atoms with Crippen LogP contribution in [0.5, 0.6) is 0 Å². The summed E-state index contributed by atoms with van der Waals surface area (Å²) in [7, 11) is 4.28. The minimum absolute atomic E-state index is 0.146. The van der Waals surface area contributed by atoms with Gasteiger partial charge in [-0.05, 0) is 46.3 Å². The van der Waals surface area contributed by atoms with E-state index in [2.05, 4.69) is 37.7 Å². The van der Waals surface area contributed by atoms with Gasteiger partial charge in [-0.1, -0.05) is 20.3 Å². The van der Waals surface area contributed by atoms with Crippen molar-refractivity contribution in [2.24, 2.45) is 0 Å². The van der Waals surface area contributed by atoms with E-state index in [0.717, 1.165) is 32.4 Å². The fourth-order valence-corrected chi connectivity index (χ4v) is 3.13. The molecule has 1 heterocycles. The van der Waals surface area contributed by atoms with Crippen molar-refractivity contribution in [3.8, 4) is 0 Å². The van der Waals surface area contributed by atoms with E-state index in [4.69, 9.17) is 0 Å². The molecule has 1 rings (SSSR count). The van der Waals surface area contributed by atoms with Crippen molar-refractivity contribution in [2.75, 3.05) is 27.2 Å². The normalized spacial score (nSPS) is 25.4. The van der Waals surface area contributed by atoms with Gasteiger partial charge in [-0.15, -0.1) is 0 Å². The van der Waals surface area contributed by atoms with Crippen molar-refractivity contribution < 1.29 is 5.11 Å². The van der Waals surface area contributed by atoms with Crippen LogP contribution in [0, 0.1) is 0 Å². The molecule has 3 heteroatoms. The number of likely N-dealkylation sites (tertiary alicyclic amines) is 1. The van der Waals surface area contributed by atoms with E-state index in [1.54, 1.807) is 0 Å². The van der Waals surface area contributed by atoms with Gasteiger partial charge >= 0.3 is 0 Å². The second kappa shape index (κ2) is 7.34. The largest absolute Gasteiger partial charge is 0.391 e. The summed E-state index contributed by atoms with van der Waals surface area (Å²) in [5.41, 5.74) is 0. The highest BCUT2D eigenvalue weighted by molar-refractivity contribution is 4.88. The van der Waals surface area contributed by atoms with E-state index in [9.17, 15) is 5.11 Å². The summed E-state index contributed by atoms with van der Waals surface area (Å²) in [6.07, 6.45) is 5.49. The molecule has 0 spiro atoms. The predicted octanol–water partition coefficient (Wildman–Crippen LogP) is 1.95. The Hall–Kier alpha value is -0.120. The van der Waals surface area contributed by atoms with Gasteiger partial charge in [0, 0.05) is 18.6 Å². The molecule has 0 saturated carbocycles.